The van der Waals surface area contributed by atoms with E-state index in [1.165, 1.54) is 30.2 Å². The summed E-state index contributed by atoms with van der Waals surface area (Å²) in [6.07, 6.45) is 3.79. The Kier molecular flexibility index (Phi) is 3.81. The lowest BCUT2D eigenvalue weighted by Crippen LogP contribution is -2.36. The Morgan fingerprint density at radius 3 is 2.75 bits per heavy atom. The van der Waals surface area contributed by atoms with Crippen molar-refractivity contribution in [1.82, 2.24) is 4.90 Å². The third-order valence-corrected chi connectivity index (χ3v) is 4.27. The first-order valence-electron chi connectivity index (χ1n) is 7.70. The predicted octanol–water partition coefficient (Wildman–Crippen LogP) is 3.62. The summed E-state index contributed by atoms with van der Waals surface area (Å²) in [7, 11) is 0. The van der Waals surface area contributed by atoms with Crippen molar-refractivity contribution in [2.24, 2.45) is 5.73 Å². The minimum Gasteiger partial charge on any atom is -0.461 e. The Morgan fingerprint density at radius 1 is 1.35 bits per heavy atom. The zero-order valence-corrected chi connectivity index (χ0v) is 12.4. The Bertz CT molecular complexity index is 586. The molecule has 0 amide bonds. The average molecular weight is 272 g/mol. The largest absolute Gasteiger partial charge is 0.461 e. The molecule has 0 bridgehead atoms. The fourth-order valence-electron chi connectivity index (χ4n) is 3.28. The van der Waals surface area contributed by atoms with Gasteiger partial charge in [-0.1, -0.05) is 25.1 Å². The molecule has 1 aromatic heterocycles. The topological polar surface area (TPSA) is 42.4 Å². The van der Waals surface area contributed by atoms with Gasteiger partial charge in [-0.3, -0.25) is 4.90 Å². The van der Waals surface area contributed by atoms with Crippen LogP contribution in [0.5, 0.6) is 0 Å². The van der Waals surface area contributed by atoms with Crippen LogP contribution in [-0.4, -0.2) is 24.0 Å². The van der Waals surface area contributed by atoms with Crippen LogP contribution in [0.25, 0.3) is 11.0 Å². The van der Waals surface area contributed by atoms with Gasteiger partial charge < -0.3 is 10.2 Å². The number of hydrogen-bond donors (Lipinski definition) is 1. The van der Waals surface area contributed by atoms with Crippen molar-refractivity contribution in [2.45, 2.75) is 45.2 Å². The van der Waals surface area contributed by atoms with E-state index in [-0.39, 0.29) is 6.04 Å². The molecule has 3 rings (SSSR count). The Morgan fingerprint density at radius 2 is 2.10 bits per heavy atom. The van der Waals surface area contributed by atoms with Crippen molar-refractivity contribution in [3.63, 3.8) is 0 Å². The normalized spacial score (nSPS) is 17.0. The van der Waals surface area contributed by atoms with Crippen molar-refractivity contribution in [2.75, 3.05) is 13.1 Å². The highest BCUT2D eigenvalue weighted by Gasteiger charge is 2.35. The molecule has 1 unspecified atom stereocenters. The van der Waals surface area contributed by atoms with Crippen LogP contribution in [-0.2, 0) is 0 Å². The van der Waals surface area contributed by atoms with Gasteiger partial charge in [-0.05, 0) is 38.8 Å². The Balaban J connectivity index is 2.03. The van der Waals surface area contributed by atoms with Crippen LogP contribution in [0.15, 0.2) is 28.7 Å². The highest BCUT2D eigenvalue weighted by Crippen LogP contribution is 2.38. The number of fused-ring (bicyclic) bond motifs is 1. The lowest BCUT2D eigenvalue weighted by Gasteiger charge is -2.31. The first-order chi connectivity index (χ1) is 9.76. The van der Waals surface area contributed by atoms with Crippen LogP contribution in [0.2, 0.25) is 0 Å². The molecule has 1 fully saturated rings. The minimum atomic E-state index is 0.283. The van der Waals surface area contributed by atoms with E-state index in [4.69, 9.17) is 10.2 Å². The molecule has 1 saturated carbocycles. The molecule has 0 saturated heterocycles. The average Bonchev–Trinajstić information content (AvgIpc) is 3.23. The standard InChI is InChI=1S/C17H24N2O/c1-3-10-19(13-8-9-13)15(11-18)17-12(2)20-16-7-5-4-6-14(16)17/h4-7,13,15H,3,8-11,18H2,1-2H3. The van der Waals surface area contributed by atoms with Crippen LogP contribution in [0, 0.1) is 6.92 Å². The fourth-order valence-corrected chi connectivity index (χ4v) is 3.28. The van der Waals surface area contributed by atoms with Gasteiger partial charge in [0.25, 0.3) is 0 Å². The van der Waals surface area contributed by atoms with Gasteiger partial charge in [0.15, 0.2) is 0 Å². The zero-order valence-electron chi connectivity index (χ0n) is 12.4. The summed E-state index contributed by atoms with van der Waals surface area (Å²) in [4.78, 5) is 2.59. The number of hydrogen-bond acceptors (Lipinski definition) is 3. The summed E-state index contributed by atoms with van der Waals surface area (Å²) in [5, 5.41) is 1.22. The van der Waals surface area contributed by atoms with E-state index in [1.807, 2.05) is 12.1 Å². The van der Waals surface area contributed by atoms with Gasteiger partial charge in [-0.25, -0.2) is 0 Å². The molecule has 3 heteroatoms. The van der Waals surface area contributed by atoms with Gasteiger partial charge in [0.2, 0.25) is 0 Å². The van der Waals surface area contributed by atoms with E-state index in [0.29, 0.717) is 6.54 Å². The van der Waals surface area contributed by atoms with Gasteiger partial charge in [0, 0.05) is 23.5 Å². The number of nitrogens with zero attached hydrogens (tertiary/aromatic N) is 1. The van der Waals surface area contributed by atoms with Crippen molar-refractivity contribution in [3.05, 3.63) is 35.6 Å². The molecular weight excluding hydrogens is 248 g/mol. The third kappa shape index (κ3) is 2.36. The van der Waals surface area contributed by atoms with Gasteiger partial charge >= 0.3 is 0 Å². The number of rotatable bonds is 6. The smallest absolute Gasteiger partial charge is 0.134 e. The lowest BCUT2D eigenvalue weighted by molar-refractivity contribution is 0.191. The summed E-state index contributed by atoms with van der Waals surface area (Å²) in [6, 6.07) is 9.30. The molecule has 3 nitrogen and oxygen atoms in total. The second-order valence-electron chi connectivity index (χ2n) is 5.79. The lowest BCUT2D eigenvalue weighted by atomic mass is 10.0. The molecule has 0 radical (unpaired) electrons. The molecule has 0 aliphatic heterocycles. The van der Waals surface area contributed by atoms with E-state index in [0.717, 1.165) is 23.9 Å². The fraction of sp³-hybridized carbons (Fsp3) is 0.529. The van der Waals surface area contributed by atoms with E-state index in [2.05, 4.69) is 30.9 Å². The van der Waals surface area contributed by atoms with Gasteiger partial charge in [0.1, 0.15) is 11.3 Å². The quantitative estimate of drug-likeness (QED) is 0.873. The molecule has 1 atom stereocenters. The number of benzene rings is 1. The number of aryl methyl sites for hydroxylation is 1. The number of furan rings is 1. The summed E-state index contributed by atoms with van der Waals surface area (Å²) in [5.41, 5.74) is 8.41. The van der Waals surface area contributed by atoms with Crippen LogP contribution >= 0.6 is 0 Å². The Hall–Kier alpha value is -1.32. The van der Waals surface area contributed by atoms with Crippen LogP contribution in [0.4, 0.5) is 0 Å². The second-order valence-corrected chi connectivity index (χ2v) is 5.79. The molecule has 1 heterocycles. The van der Waals surface area contributed by atoms with Crippen LogP contribution in [0.3, 0.4) is 0 Å². The molecule has 2 aromatic rings. The minimum absolute atomic E-state index is 0.283. The molecule has 108 valence electrons. The molecule has 1 aliphatic rings. The zero-order chi connectivity index (χ0) is 14.1. The van der Waals surface area contributed by atoms with Gasteiger partial charge in [0.05, 0.1) is 6.04 Å². The monoisotopic (exact) mass is 272 g/mol. The van der Waals surface area contributed by atoms with E-state index in [1.54, 1.807) is 0 Å². The van der Waals surface area contributed by atoms with Crippen LogP contribution in [0.1, 0.15) is 43.6 Å². The molecule has 20 heavy (non-hydrogen) atoms. The van der Waals surface area contributed by atoms with Gasteiger partial charge in [-0.15, -0.1) is 0 Å². The Labute approximate surface area is 120 Å². The highest BCUT2D eigenvalue weighted by atomic mass is 16.3. The predicted molar refractivity (Wildman–Crippen MR) is 82.8 cm³/mol. The van der Waals surface area contributed by atoms with E-state index < -0.39 is 0 Å². The number of nitrogens with two attached hydrogens (primary N) is 1. The summed E-state index contributed by atoms with van der Waals surface area (Å²) < 4.78 is 5.93. The third-order valence-electron chi connectivity index (χ3n) is 4.27. The SMILES string of the molecule is CCCN(C1CC1)C(CN)c1c(C)oc2ccccc12. The molecule has 1 aliphatic carbocycles. The van der Waals surface area contributed by atoms with Gasteiger partial charge in [-0.2, -0.15) is 0 Å². The van der Waals surface area contributed by atoms with Crippen molar-refractivity contribution in [3.8, 4) is 0 Å². The van der Waals surface area contributed by atoms with Crippen LogP contribution < -0.4 is 5.73 Å². The second kappa shape index (κ2) is 5.58. The molecule has 0 spiro atoms. The maximum absolute atomic E-state index is 6.14. The summed E-state index contributed by atoms with van der Waals surface area (Å²) in [5.74, 6) is 1.02. The first-order valence-corrected chi connectivity index (χ1v) is 7.70. The van der Waals surface area contributed by atoms with Crippen molar-refractivity contribution in [1.29, 1.82) is 0 Å². The van der Waals surface area contributed by atoms with Crippen molar-refractivity contribution < 1.29 is 4.42 Å². The first kappa shape index (κ1) is 13.7. The summed E-state index contributed by atoms with van der Waals surface area (Å²) in [6.45, 7) is 6.07. The number of para-hydroxylation sites is 1. The molecular formula is C17H24N2O. The van der Waals surface area contributed by atoms with E-state index >= 15 is 0 Å². The molecule has 2 N–H and O–H groups in total. The van der Waals surface area contributed by atoms with Crippen molar-refractivity contribution >= 4 is 11.0 Å². The molecule has 1 aromatic carbocycles. The maximum atomic E-state index is 6.14. The highest BCUT2D eigenvalue weighted by molar-refractivity contribution is 5.82. The summed E-state index contributed by atoms with van der Waals surface area (Å²) >= 11 is 0. The van der Waals surface area contributed by atoms with E-state index in [9.17, 15) is 0 Å². The maximum Gasteiger partial charge on any atom is 0.134 e.